The van der Waals surface area contributed by atoms with Gasteiger partial charge in [-0.2, -0.15) is 21.0 Å². The maximum Gasteiger partial charge on any atom is 0.186 e. The van der Waals surface area contributed by atoms with Crippen LogP contribution in [0.4, 0.5) is 5.82 Å². The molecule has 0 radical (unpaired) electrons. The van der Waals surface area contributed by atoms with E-state index in [0.29, 0.717) is 0 Å². The molecule has 1 unspecified atom stereocenters. The molecule has 4 aromatic heterocycles. The molecule has 1 atom stereocenters. The largest absolute Gasteiger partial charge is 0.362 e. The van der Waals surface area contributed by atoms with Crippen molar-refractivity contribution in [1.29, 1.82) is 0 Å². The standard InChI is InChI=1S/C20H17N7S/c1-14(15-3-5-17(6-4-15)26-11-2-10-21-26)22-18-7-8-19-23-24-20(27(19)25-18)16-9-12-28-13-16/h2-14H,1H3,(H,22,25). The van der Waals surface area contributed by atoms with Crippen molar-refractivity contribution in [3.63, 3.8) is 0 Å². The van der Waals surface area contributed by atoms with Gasteiger partial charge in [-0.15, -0.1) is 15.3 Å². The number of nitrogens with zero attached hydrogens (tertiary/aromatic N) is 6. The Hall–Kier alpha value is -3.52. The van der Waals surface area contributed by atoms with Crippen LogP contribution < -0.4 is 5.32 Å². The van der Waals surface area contributed by atoms with E-state index in [1.165, 1.54) is 5.56 Å². The summed E-state index contributed by atoms with van der Waals surface area (Å²) in [6.07, 6.45) is 3.70. The second-order valence-corrected chi connectivity index (χ2v) is 7.21. The van der Waals surface area contributed by atoms with Crippen LogP contribution in [0.2, 0.25) is 0 Å². The van der Waals surface area contributed by atoms with Crippen molar-refractivity contribution in [2.24, 2.45) is 0 Å². The fourth-order valence-corrected chi connectivity index (χ4v) is 3.71. The molecule has 0 amide bonds. The summed E-state index contributed by atoms with van der Waals surface area (Å²) in [6, 6.07) is 16.2. The first kappa shape index (κ1) is 16.6. The first-order valence-corrected chi connectivity index (χ1v) is 9.84. The van der Waals surface area contributed by atoms with E-state index in [2.05, 4.69) is 56.9 Å². The number of hydrogen-bond donors (Lipinski definition) is 1. The molecular weight excluding hydrogens is 370 g/mol. The highest BCUT2D eigenvalue weighted by atomic mass is 32.1. The van der Waals surface area contributed by atoms with Gasteiger partial charge in [0.2, 0.25) is 0 Å². The fraction of sp³-hybridized carbons (Fsp3) is 0.100. The number of thiophene rings is 1. The first-order chi connectivity index (χ1) is 13.8. The molecular formula is C20H17N7S. The number of nitrogens with one attached hydrogen (secondary N) is 1. The first-order valence-electron chi connectivity index (χ1n) is 8.89. The van der Waals surface area contributed by atoms with Crippen LogP contribution in [-0.4, -0.2) is 29.6 Å². The van der Waals surface area contributed by atoms with Crippen LogP contribution in [0, 0.1) is 0 Å². The predicted molar refractivity (Wildman–Crippen MR) is 110 cm³/mol. The normalized spacial score (nSPS) is 12.3. The molecule has 28 heavy (non-hydrogen) atoms. The molecule has 0 saturated carbocycles. The molecule has 138 valence electrons. The minimum Gasteiger partial charge on any atom is -0.362 e. The summed E-state index contributed by atoms with van der Waals surface area (Å²) in [5.41, 5.74) is 3.94. The topological polar surface area (TPSA) is 72.9 Å². The van der Waals surface area contributed by atoms with Crippen LogP contribution in [0.1, 0.15) is 18.5 Å². The Bertz CT molecular complexity index is 1190. The zero-order chi connectivity index (χ0) is 18.9. The van der Waals surface area contributed by atoms with E-state index in [1.54, 1.807) is 22.0 Å². The van der Waals surface area contributed by atoms with E-state index in [0.717, 1.165) is 28.5 Å². The fourth-order valence-electron chi connectivity index (χ4n) is 3.08. The highest BCUT2D eigenvalue weighted by Crippen LogP contribution is 2.23. The number of anilines is 1. The van der Waals surface area contributed by atoms with E-state index < -0.39 is 0 Å². The van der Waals surface area contributed by atoms with Crippen LogP contribution >= 0.6 is 11.3 Å². The Morgan fingerprint density at radius 3 is 2.68 bits per heavy atom. The lowest BCUT2D eigenvalue weighted by Gasteiger charge is -2.15. The average Bonchev–Trinajstić information content (AvgIpc) is 3.48. The van der Waals surface area contributed by atoms with Crippen molar-refractivity contribution in [3.05, 3.63) is 77.2 Å². The van der Waals surface area contributed by atoms with Gasteiger partial charge < -0.3 is 5.32 Å². The number of hydrogen-bond acceptors (Lipinski definition) is 6. The third-order valence-electron chi connectivity index (χ3n) is 4.57. The molecule has 0 fully saturated rings. The number of aromatic nitrogens is 6. The van der Waals surface area contributed by atoms with Gasteiger partial charge >= 0.3 is 0 Å². The van der Waals surface area contributed by atoms with Gasteiger partial charge in [-0.25, -0.2) is 4.68 Å². The molecule has 0 aliphatic heterocycles. The van der Waals surface area contributed by atoms with Gasteiger partial charge in [0.05, 0.1) is 5.69 Å². The summed E-state index contributed by atoms with van der Waals surface area (Å²) in [7, 11) is 0. The van der Waals surface area contributed by atoms with E-state index in [1.807, 2.05) is 45.9 Å². The molecule has 0 aliphatic carbocycles. The average molecular weight is 387 g/mol. The Morgan fingerprint density at radius 2 is 1.93 bits per heavy atom. The molecule has 0 spiro atoms. The maximum atomic E-state index is 4.69. The van der Waals surface area contributed by atoms with Gasteiger partial charge in [-0.3, -0.25) is 0 Å². The number of benzene rings is 1. The summed E-state index contributed by atoms with van der Waals surface area (Å²) in [4.78, 5) is 0. The lowest BCUT2D eigenvalue weighted by Crippen LogP contribution is -2.10. The number of fused-ring (bicyclic) bond motifs is 1. The van der Waals surface area contributed by atoms with Crippen molar-refractivity contribution in [2.75, 3.05) is 5.32 Å². The van der Waals surface area contributed by atoms with Crippen molar-refractivity contribution < 1.29 is 0 Å². The van der Waals surface area contributed by atoms with Crippen molar-refractivity contribution in [2.45, 2.75) is 13.0 Å². The van der Waals surface area contributed by atoms with Crippen LogP contribution in [0.25, 0.3) is 22.7 Å². The van der Waals surface area contributed by atoms with Gasteiger partial charge in [-0.1, -0.05) is 12.1 Å². The quantitative estimate of drug-likeness (QED) is 0.489. The third kappa shape index (κ3) is 3.03. The Labute approximate surface area is 165 Å². The molecule has 0 saturated heterocycles. The minimum atomic E-state index is 0.0951. The summed E-state index contributed by atoms with van der Waals surface area (Å²) in [5, 5.41) is 24.9. The van der Waals surface area contributed by atoms with Crippen molar-refractivity contribution in [3.8, 4) is 17.1 Å². The van der Waals surface area contributed by atoms with Crippen molar-refractivity contribution in [1.82, 2.24) is 29.6 Å². The predicted octanol–water partition coefficient (Wildman–Crippen LogP) is 4.21. The van der Waals surface area contributed by atoms with Crippen LogP contribution in [-0.2, 0) is 0 Å². The zero-order valence-electron chi connectivity index (χ0n) is 15.1. The SMILES string of the molecule is CC(Nc1ccc2nnc(-c3ccsc3)n2n1)c1ccc(-n2cccn2)cc1. The maximum absolute atomic E-state index is 4.69. The lowest BCUT2D eigenvalue weighted by molar-refractivity contribution is 0.841. The Morgan fingerprint density at radius 1 is 1.04 bits per heavy atom. The number of rotatable bonds is 5. The molecule has 1 N–H and O–H groups in total. The molecule has 0 aliphatic rings. The summed E-state index contributed by atoms with van der Waals surface area (Å²) < 4.78 is 3.62. The summed E-state index contributed by atoms with van der Waals surface area (Å²) in [6.45, 7) is 2.11. The van der Waals surface area contributed by atoms with Crippen molar-refractivity contribution >= 4 is 22.8 Å². The van der Waals surface area contributed by atoms with Gasteiger partial charge in [0, 0.05) is 29.4 Å². The van der Waals surface area contributed by atoms with Gasteiger partial charge in [0.25, 0.3) is 0 Å². The molecule has 4 heterocycles. The minimum absolute atomic E-state index is 0.0951. The second-order valence-electron chi connectivity index (χ2n) is 6.43. The third-order valence-corrected chi connectivity index (χ3v) is 5.25. The summed E-state index contributed by atoms with van der Waals surface area (Å²) in [5.74, 6) is 1.52. The molecule has 1 aromatic carbocycles. The van der Waals surface area contributed by atoms with Gasteiger partial charge in [0.1, 0.15) is 5.82 Å². The molecule has 0 bridgehead atoms. The van der Waals surface area contributed by atoms with Crippen LogP contribution in [0.3, 0.4) is 0 Å². The van der Waals surface area contributed by atoms with Crippen LogP contribution in [0.5, 0.6) is 0 Å². The molecule has 5 aromatic rings. The molecule has 7 nitrogen and oxygen atoms in total. The highest BCUT2D eigenvalue weighted by molar-refractivity contribution is 7.08. The van der Waals surface area contributed by atoms with E-state index in [-0.39, 0.29) is 6.04 Å². The summed E-state index contributed by atoms with van der Waals surface area (Å²) >= 11 is 1.63. The second kappa shape index (κ2) is 6.90. The van der Waals surface area contributed by atoms with E-state index >= 15 is 0 Å². The zero-order valence-corrected chi connectivity index (χ0v) is 15.9. The highest BCUT2D eigenvalue weighted by Gasteiger charge is 2.12. The monoisotopic (exact) mass is 387 g/mol. The molecule has 5 rings (SSSR count). The lowest BCUT2D eigenvalue weighted by atomic mass is 10.1. The smallest absolute Gasteiger partial charge is 0.186 e. The van der Waals surface area contributed by atoms with Gasteiger partial charge in [-0.05, 0) is 54.3 Å². The molecule has 8 heteroatoms. The van der Waals surface area contributed by atoms with Gasteiger partial charge in [0.15, 0.2) is 11.5 Å². The van der Waals surface area contributed by atoms with Crippen LogP contribution in [0.15, 0.2) is 71.7 Å². The Balaban J connectivity index is 1.39. The van der Waals surface area contributed by atoms with E-state index in [4.69, 9.17) is 0 Å². The Kier molecular flexibility index (Phi) is 4.10. The van der Waals surface area contributed by atoms with E-state index in [9.17, 15) is 0 Å².